The molecule has 0 aliphatic carbocycles. The van der Waals surface area contributed by atoms with Gasteiger partial charge in [-0.3, -0.25) is 4.79 Å². The third-order valence-corrected chi connectivity index (χ3v) is 3.66. The minimum atomic E-state index is -0.524. The normalized spacial score (nSPS) is 11.0. The van der Waals surface area contributed by atoms with Crippen molar-refractivity contribution in [2.75, 3.05) is 0 Å². The molecular weight excluding hydrogens is 337 g/mol. The lowest BCUT2D eigenvalue weighted by atomic mass is 10.1. The van der Waals surface area contributed by atoms with Gasteiger partial charge in [-0.1, -0.05) is 15.9 Å². The van der Waals surface area contributed by atoms with Gasteiger partial charge in [-0.05, 0) is 51.1 Å². The molecule has 1 aromatic carbocycles. The Hall–Kier alpha value is -1.62. The van der Waals surface area contributed by atoms with Crippen LogP contribution in [0.5, 0.6) is 0 Å². The molecule has 0 aliphatic heterocycles. The first-order valence-electron chi connectivity index (χ1n) is 6.70. The number of aryl methyl sites for hydroxylation is 1. The molecule has 0 saturated heterocycles. The van der Waals surface area contributed by atoms with Crippen molar-refractivity contribution in [3.05, 3.63) is 57.7 Å². The summed E-state index contributed by atoms with van der Waals surface area (Å²) in [6.07, 6.45) is 0. The second-order valence-corrected chi connectivity index (χ2v) is 6.08. The summed E-state index contributed by atoms with van der Waals surface area (Å²) in [4.78, 5) is 14.2. The van der Waals surface area contributed by atoms with Crippen LogP contribution < -0.4 is 0 Å². The highest BCUT2D eigenvalue weighted by molar-refractivity contribution is 9.10. The van der Waals surface area contributed by atoms with Gasteiger partial charge in [0.2, 0.25) is 0 Å². The molecule has 0 spiro atoms. The maximum Gasteiger partial charge on any atom is 0.257 e. The van der Waals surface area contributed by atoms with Crippen LogP contribution in [0.2, 0.25) is 0 Å². The fraction of sp³-hybridized carbons (Fsp3) is 0.312. The minimum Gasteiger partial charge on any atom is -0.464 e. The highest BCUT2D eigenvalue weighted by Crippen LogP contribution is 2.20. The van der Waals surface area contributed by atoms with E-state index in [1.807, 2.05) is 32.9 Å². The van der Waals surface area contributed by atoms with Crippen molar-refractivity contribution in [2.45, 2.75) is 33.4 Å². The molecule has 0 fully saturated rings. The number of halogens is 2. The predicted octanol–water partition coefficient (Wildman–Crippen LogP) is 4.54. The monoisotopic (exact) mass is 353 g/mol. The van der Waals surface area contributed by atoms with E-state index in [9.17, 15) is 9.18 Å². The van der Waals surface area contributed by atoms with E-state index in [4.69, 9.17) is 4.42 Å². The van der Waals surface area contributed by atoms with Crippen LogP contribution in [0.1, 0.15) is 35.7 Å². The summed E-state index contributed by atoms with van der Waals surface area (Å²) in [6, 6.07) is 7.96. The summed E-state index contributed by atoms with van der Waals surface area (Å²) in [6.45, 7) is 5.95. The number of carbonyl (C=O) groups is 1. The van der Waals surface area contributed by atoms with Crippen LogP contribution >= 0.6 is 15.9 Å². The van der Waals surface area contributed by atoms with Crippen LogP contribution in [-0.2, 0) is 6.54 Å². The number of carbonyl (C=O) groups excluding carboxylic acids is 1. The fourth-order valence-corrected chi connectivity index (χ4v) is 2.40. The predicted molar refractivity (Wildman–Crippen MR) is 82.6 cm³/mol. The number of hydrogen-bond acceptors (Lipinski definition) is 2. The van der Waals surface area contributed by atoms with Gasteiger partial charge in [-0.25, -0.2) is 4.39 Å². The molecular formula is C16H17BrFNO2. The third-order valence-electron chi connectivity index (χ3n) is 3.17. The first kappa shape index (κ1) is 15.8. The maximum absolute atomic E-state index is 13.9. The summed E-state index contributed by atoms with van der Waals surface area (Å²) >= 11 is 3.27. The van der Waals surface area contributed by atoms with E-state index in [1.54, 1.807) is 11.0 Å². The molecule has 2 rings (SSSR count). The van der Waals surface area contributed by atoms with Crippen LogP contribution in [0.25, 0.3) is 0 Å². The smallest absolute Gasteiger partial charge is 0.257 e. The van der Waals surface area contributed by atoms with Gasteiger partial charge in [-0.2, -0.15) is 0 Å². The largest absolute Gasteiger partial charge is 0.464 e. The second kappa shape index (κ2) is 6.43. The third kappa shape index (κ3) is 3.73. The Morgan fingerprint density at radius 3 is 2.62 bits per heavy atom. The van der Waals surface area contributed by atoms with E-state index in [0.717, 1.165) is 5.76 Å². The molecule has 21 heavy (non-hydrogen) atoms. The molecule has 0 radical (unpaired) electrons. The summed E-state index contributed by atoms with van der Waals surface area (Å²) in [7, 11) is 0. The minimum absolute atomic E-state index is 0.0568. The van der Waals surface area contributed by atoms with Gasteiger partial charge in [0.25, 0.3) is 5.91 Å². The number of furan rings is 1. The molecule has 112 valence electrons. The molecule has 0 atom stereocenters. The van der Waals surface area contributed by atoms with E-state index in [1.165, 1.54) is 12.1 Å². The Labute approximate surface area is 131 Å². The van der Waals surface area contributed by atoms with Gasteiger partial charge in [0.1, 0.15) is 17.3 Å². The molecule has 0 bridgehead atoms. The highest BCUT2D eigenvalue weighted by atomic mass is 79.9. The average molecular weight is 354 g/mol. The first-order valence-corrected chi connectivity index (χ1v) is 7.49. The van der Waals surface area contributed by atoms with Crippen LogP contribution in [0.3, 0.4) is 0 Å². The fourth-order valence-electron chi connectivity index (χ4n) is 2.04. The van der Waals surface area contributed by atoms with Crippen molar-refractivity contribution in [3.63, 3.8) is 0 Å². The molecule has 5 heteroatoms. The summed E-state index contributed by atoms with van der Waals surface area (Å²) in [5.74, 6) is 0.599. The van der Waals surface area contributed by atoms with Crippen LogP contribution in [0, 0.1) is 12.7 Å². The van der Waals surface area contributed by atoms with Gasteiger partial charge < -0.3 is 9.32 Å². The molecule has 1 amide bonds. The number of hydrogen-bond donors (Lipinski definition) is 0. The zero-order valence-corrected chi connectivity index (χ0v) is 13.8. The van der Waals surface area contributed by atoms with Crippen molar-refractivity contribution < 1.29 is 13.6 Å². The molecule has 1 heterocycles. The Kier molecular flexibility index (Phi) is 4.83. The quantitative estimate of drug-likeness (QED) is 0.808. The summed E-state index contributed by atoms with van der Waals surface area (Å²) in [5.41, 5.74) is 0.0568. The molecule has 0 unspecified atom stereocenters. The summed E-state index contributed by atoms with van der Waals surface area (Å²) < 4.78 is 20.1. The summed E-state index contributed by atoms with van der Waals surface area (Å²) in [5, 5.41) is 0. The Morgan fingerprint density at radius 2 is 2.05 bits per heavy atom. The lowest BCUT2D eigenvalue weighted by Crippen LogP contribution is -2.36. The zero-order chi connectivity index (χ0) is 15.6. The first-order chi connectivity index (χ1) is 9.88. The van der Waals surface area contributed by atoms with Crippen molar-refractivity contribution in [2.24, 2.45) is 0 Å². The SMILES string of the molecule is Cc1ccc(CN(C(=O)c2cc(Br)ccc2F)C(C)C)o1. The molecule has 0 N–H and O–H groups in total. The van der Waals surface area contributed by atoms with E-state index in [0.29, 0.717) is 16.8 Å². The van der Waals surface area contributed by atoms with Gasteiger partial charge >= 0.3 is 0 Å². The Bertz CT molecular complexity index is 651. The molecule has 1 aromatic heterocycles. The Morgan fingerprint density at radius 1 is 1.33 bits per heavy atom. The van der Waals surface area contributed by atoms with E-state index in [2.05, 4.69) is 15.9 Å². The topological polar surface area (TPSA) is 33.5 Å². The van der Waals surface area contributed by atoms with Gasteiger partial charge in [0.15, 0.2) is 0 Å². The van der Waals surface area contributed by atoms with Crippen LogP contribution in [0.15, 0.2) is 39.2 Å². The van der Waals surface area contributed by atoms with Gasteiger partial charge in [-0.15, -0.1) is 0 Å². The van der Waals surface area contributed by atoms with Crippen molar-refractivity contribution in [3.8, 4) is 0 Å². The molecule has 3 nitrogen and oxygen atoms in total. The van der Waals surface area contributed by atoms with E-state index in [-0.39, 0.29) is 17.5 Å². The average Bonchev–Trinajstić information content (AvgIpc) is 2.83. The second-order valence-electron chi connectivity index (χ2n) is 5.16. The lowest BCUT2D eigenvalue weighted by Gasteiger charge is -2.26. The molecule has 0 aliphatic rings. The standard InChI is InChI=1S/C16H17BrFNO2/c1-10(2)19(9-13-6-4-11(3)21-13)16(20)14-8-12(17)5-7-15(14)18/h4-8,10H,9H2,1-3H3. The Balaban J connectivity index is 2.29. The number of benzene rings is 1. The van der Waals surface area contributed by atoms with E-state index >= 15 is 0 Å². The van der Waals surface area contributed by atoms with Crippen LogP contribution in [-0.4, -0.2) is 16.8 Å². The maximum atomic E-state index is 13.9. The van der Waals surface area contributed by atoms with Crippen molar-refractivity contribution >= 4 is 21.8 Å². The molecule has 0 saturated carbocycles. The van der Waals surface area contributed by atoms with Crippen molar-refractivity contribution in [1.82, 2.24) is 4.90 Å². The lowest BCUT2D eigenvalue weighted by molar-refractivity contribution is 0.0670. The zero-order valence-electron chi connectivity index (χ0n) is 12.2. The van der Waals surface area contributed by atoms with E-state index < -0.39 is 5.82 Å². The van der Waals surface area contributed by atoms with Crippen LogP contribution in [0.4, 0.5) is 4.39 Å². The highest BCUT2D eigenvalue weighted by Gasteiger charge is 2.23. The number of rotatable bonds is 4. The number of amides is 1. The van der Waals surface area contributed by atoms with Gasteiger partial charge in [0.05, 0.1) is 12.1 Å². The number of nitrogens with zero attached hydrogens (tertiary/aromatic N) is 1. The van der Waals surface area contributed by atoms with Gasteiger partial charge in [0, 0.05) is 10.5 Å². The van der Waals surface area contributed by atoms with Crippen molar-refractivity contribution in [1.29, 1.82) is 0 Å². The molecule has 2 aromatic rings.